The van der Waals surface area contributed by atoms with Gasteiger partial charge in [0.2, 0.25) is 5.91 Å². The van der Waals surface area contributed by atoms with Crippen molar-refractivity contribution in [3.63, 3.8) is 0 Å². The number of amides is 1. The lowest BCUT2D eigenvalue weighted by molar-refractivity contribution is -0.147. The van der Waals surface area contributed by atoms with Crippen molar-refractivity contribution < 1.29 is 19.8 Å². The first-order chi connectivity index (χ1) is 6.15. The predicted molar refractivity (Wildman–Crippen MR) is 41.6 cm³/mol. The molecule has 1 atom stereocenters. The van der Waals surface area contributed by atoms with Crippen molar-refractivity contribution in [3.8, 4) is 0 Å². The van der Waals surface area contributed by atoms with Gasteiger partial charge in [-0.15, -0.1) is 0 Å². The van der Waals surface area contributed by atoms with Crippen LogP contribution in [0.1, 0.15) is 12.8 Å². The molecule has 0 spiro atoms. The molecule has 2 rings (SSSR count). The molecule has 5 nitrogen and oxygen atoms in total. The lowest BCUT2D eigenvalue weighted by Crippen LogP contribution is -2.49. The van der Waals surface area contributed by atoms with E-state index in [1.54, 1.807) is 0 Å². The van der Waals surface area contributed by atoms with E-state index < -0.39 is 5.97 Å². The van der Waals surface area contributed by atoms with Crippen molar-refractivity contribution in [2.24, 2.45) is 0 Å². The second-order valence-electron chi connectivity index (χ2n) is 3.24. The molecule has 70 valence electrons. The van der Waals surface area contributed by atoms with Gasteiger partial charge in [-0.3, -0.25) is 4.79 Å². The highest BCUT2D eigenvalue weighted by Gasteiger charge is 2.46. The van der Waals surface area contributed by atoms with Gasteiger partial charge in [-0.25, -0.2) is 4.79 Å². The van der Waals surface area contributed by atoms with Gasteiger partial charge in [0.15, 0.2) is 0 Å². The van der Waals surface area contributed by atoms with E-state index in [0.29, 0.717) is 18.4 Å². The van der Waals surface area contributed by atoms with Crippen LogP contribution in [-0.4, -0.2) is 39.6 Å². The van der Waals surface area contributed by atoms with Crippen LogP contribution in [0.4, 0.5) is 0 Å². The summed E-state index contributed by atoms with van der Waals surface area (Å²) in [5, 5.41) is 17.7. The normalized spacial score (nSPS) is 26.1. The molecule has 2 aliphatic rings. The zero-order valence-electron chi connectivity index (χ0n) is 6.86. The molecule has 1 saturated heterocycles. The quantitative estimate of drug-likeness (QED) is 0.556. The Morgan fingerprint density at radius 1 is 1.54 bits per heavy atom. The molecule has 0 radical (unpaired) electrons. The summed E-state index contributed by atoms with van der Waals surface area (Å²) in [5.41, 5.74) is 0.451. The number of fused-ring (bicyclic) bond motifs is 1. The van der Waals surface area contributed by atoms with Crippen molar-refractivity contribution in [1.29, 1.82) is 0 Å². The Morgan fingerprint density at radius 3 is 2.69 bits per heavy atom. The van der Waals surface area contributed by atoms with Crippen LogP contribution in [0.3, 0.4) is 0 Å². The van der Waals surface area contributed by atoms with Crippen LogP contribution in [0.5, 0.6) is 0 Å². The van der Waals surface area contributed by atoms with E-state index >= 15 is 0 Å². The zero-order chi connectivity index (χ0) is 9.59. The minimum Gasteiger partial charge on any atom is -0.477 e. The van der Waals surface area contributed by atoms with E-state index in [1.165, 1.54) is 4.90 Å². The Kier molecular flexibility index (Phi) is 1.63. The lowest BCUT2D eigenvalue weighted by Gasteiger charge is -2.35. The molecule has 0 bridgehead atoms. The van der Waals surface area contributed by atoms with Gasteiger partial charge in [0.25, 0.3) is 0 Å². The molecule has 2 heterocycles. The monoisotopic (exact) mass is 183 g/mol. The smallest absolute Gasteiger partial charge is 0.352 e. The van der Waals surface area contributed by atoms with Gasteiger partial charge in [0, 0.05) is 12.5 Å². The highest BCUT2D eigenvalue weighted by atomic mass is 16.4. The van der Waals surface area contributed by atoms with Gasteiger partial charge < -0.3 is 15.1 Å². The number of aliphatic hydroxyl groups is 1. The summed E-state index contributed by atoms with van der Waals surface area (Å²) in [5.74, 6) is -1.29. The average Bonchev–Trinajstić information content (AvgIpc) is 2.37. The van der Waals surface area contributed by atoms with Gasteiger partial charge in [-0.2, -0.15) is 0 Å². The van der Waals surface area contributed by atoms with Gasteiger partial charge >= 0.3 is 5.97 Å². The van der Waals surface area contributed by atoms with Crippen molar-refractivity contribution in [2.45, 2.75) is 18.9 Å². The molecule has 0 aromatic rings. The molecule has 13 heavy (non-hydrogen) atoms. The van der Waals surface area contributed by atoms with Crippen LogP contribution in [0.15, 0.2) is 11.3 Å². The molecule has 5 heteroatoms. The summed E-state index contributed by atoms with van der Waals surface area (Å²) in [4.78, 5) is 23.1. The number of carboxylic acid groups (broad SMARTS) is 1. The number of aliphatic hydroxyl groups excluding tert-OH is 1. The van der Waals surface area contributed by atoms with Crippen molar-refractivity contribution in [1.82, 2.24) is 4.90 Å². The molecule has 2 aliphatic heterocycles. The van der Waals surface area contributed by atoms with E-state index in [9.17, 15) is 9.59 Å². The highest BCUT2D eigenvalue weighted by Crippen LogP contribution is 2.37. The third-order valence-electron chi connectivity index (χ3n) is 2.50. The van der Waals surface area contributed by atoms with Gasteiger partial charge in [0.05, 0.1) is 6.61 Å². The summed E-state index contributed by atoms with van der Waals surface area (Å²) in [7, 11) is 0. The SMILES string of the molecule is O=C(O)C1=C(CO)C[C@@H]2CC(=O)N12. The van der Waals surface area contributed by atoms with E-state index in [-0.39, 0.29) is 24.3 Å². The van der Waals surface area contributed by atoms with Crippen LogP contribution in [0.25, 0.3) is 0 Å². The third-order valence-corrected chi connectivity index (χ3v) is 2.50. The van der Waals surface area contributed by atoms with Crippen molar-refractivity contribution in [3.05, 3.63) is 11.3 Å². The number of carbonyl (C=O) groups is 2. The van der Waals surface area contributed by atoms with Crippen LogP contribution >= 0.6 is 0 Å². The minimum absolute atomic E-state index is 0.0104. The molecular formula is C8H9NO4. The largest absolute Gasteiger partial charge is 0.477 e. The van der Waals surface area contributed by atoms with E-state index in [1.807, 2.05) is 0 Å². The van der Waals surface area contributed by atoms with Gasteiger partial charge in [-0.05, 0) is 12.0 Å². The molecule has 0 aromatic carbocycles. The van der Waals surface area contributed by atoms with Gasteiger partial charge in [-0.1, -0.05) is 0 Å². The van der Waals surface area contributed by atoms with Crippen LogP contribution < -0.4 is 0 Å². The molecule has 0 aliphatic carbocycles. The van der Waals surface area contributed by atoms with Crippen LogP contribution in [-0.2, 0) is 9.59 Å². The van der Waals surface area contributed by atoms with Crippen molar-refractivity contribution >= 4 is 11.9 Å². The van der Waals surface area contributed by atoms with Crippen LogP contribution in [0.2, 0.25) is 0 Å². The Bertz CT molecular complexity index is 320. The summed E-state index contributed by atoms with van der Waals surface area (Å²) in [6.07, 6.45) is 0.907. The van der Waals surface area contributed by atoms with E-state index in [0.717, 1.165) is 0 Å². The van der Waals surface area contributed by atoms with E-state index in [2.05, 4.69) is 0 Å². The summed E-state index contributed by atoms with van der Waals surface area (Å²) in [6, 6.07) is -0.0132. The Balaban J connectivity index is 2.34. The molecular weight excluding hydrogens is 174 g/mol. The van der Waals surface area contributed by atoms with Gasteiger partial charge in [0.1, 0.15) is 5.70 Å². The molecule has 0 aromatic heterocycles. The first-order valence-corrected chi connectivity index (χ1v) is 4.03. The van der Waals surface area contributed by atoms with Crippen LogP contribution in [0, 0.1) is 0 Å². The fraction of sp³-hybridized carbons (Fsp3) is 0.500. The molecule has 1 amide bonds. The topological polar surface area (TPSA) is 77.8 Å². The Labute approximate surface area is 74.3 Å². The summed E-state index contributed by atoms with van der Waals surface area (Å²) in [6.45, 7) is -0.276. The van der Waals surface area contributed by atoms with Crippen molar-refractivity contribution in [2.75, 3.05) is 6.61 Å². The lowest BCUT2D eigenvalue weighted by atomic mass is 10.0. The average molecular weight is 183 g/mol. The first-order valence-electron chi connectivity index (χ1n) is 4.03. The van der Waals surface area contributed by atoms with E-state index in [4.69, 9.17) is 10.2 Å². The fourth-order valence-electron chi connectivity index (χ4n) is 1.90. The molecule has 0 unspecified atom stereocenters. The zero-order valence-corrected chi connectivity index (χ0v) is 6.86. The maximum Gasteiger partial charge on any atom is 0.352 e. The minimum atomic E-state index is -1.13. The maximum atomic E-state index is 11.0. The summed E-state index contributed by atoms with van der Waals surface area (Å²) < 4.78 is 0. The Hall–Kier alpha value is -1.36. The third kappa shape index (κ3) is 0.968. The number of nitrogens with zero attached hydrogens (tertiary/aromatic N) is 1. The second-order valence-corrected chi connectivity index (χ2v) is 3.24. The maximum absolute atomic E-state index is 11.0. The number of carbonyl (C=O) groups excluding carboxylic acids is 1. The Morgan fingerprint density at radius 2 is 2.23 bits per heavy atom. The predicted octanol–water partition coefficient (Wildman–Crippen LogP) is -0.678. The first kappa shape index (κ1) is 8.25. The molecule has 0 saturated carbocycles. The molecule has 2 N–H and O–H groups in total. The number of hydrogen-bond donors (Lipinski definition) is 2. The number of β-lactam (4-membered cyclic amide) rings is 1. The molecule has 1 fully saturated rings. The number of rotatable bonds is 2. The fourth-order valence-corrected chi connectivity index (χ4v) is 1.90. The standard InChI is InChI=1S/C8H9NO4/c10-3-4-1-5-2-6(11)9(5)7(4)8(12)13/h5,10H,1-3H2,(H,12,13)/t5-/m1/s1. The summed E-state index contributed by atoms with van der Waals surface area (Å²) >= 11 is 0. The second kappa shape index (κ2) is 2.56. The highest BCUT2D eigenvalue weighted by molar-refractivity contribution is 5.98. The number of aliphatic carboxylic acids is 1. The number of carboxylic acids is 1. The number of hydrogen-bond acceptors (Lipinski definition) is 3.